The molecule has 0 spiro atoms. The highest BCUT2D eigenvalue weighted by atomic mass is 32.2. The number of thioether (sulfide) groups is 1. The van der Waals surface area contributed by atoms with Gasteiger partial charge in [0, 0.05) is 19.4 Å². The van der Waals surface area contributed by atoms with Crippen molar-refractivity contribution in [1.29, 1.82) is 0 Å². The first-order valence-electron chi connectivity index (χ1n) is 4.91. The molecule has 1 unspecified atom stereocenters. The second-order valence-electron chi connectivity index (χ2n) is 3.29. The molecular formula is C11H16N2OS. The van der Waals surface area contributed by atoms with Gasteiger partial charge in [-0.15, -0.1) is 0 Å². The van der Waals surface area contributed by atoms with Crippen molar-refractivity contribution in [2.75, 3.05) is 13.3 Å². The lowest BCUT2D eigenvalue weighted by Crippen LogP contribution is -2.27. The van der Waals surface area contributed by atoms with Crippen molar-refractivity contribution in [2.45, 2.75) is 19.4 Å². The molecule has 1 aromatic rings. The molecule has 0 aromatic carbocycles. The number of carbonyl (C=O) groups excluding carboxylic acids is 1. The van der Waals surface area contributed by atoms with Gasteiger partial charge in [0.15, 0.2) is 0 Å². The average molecular weight is 224 g/mol. The maximum atomic E-state index is 11.6. The van der Waals surface area contributed by atoms with Gasteiger partial charge in [-0.25, -0.2) is 0 Å². The van der Waals surface area contributed by atoms with E-state index < -0.39 is 0 Å². The summed E-state index contributed by atoms with van der Waals surface area (Å²) in [5, 5.41) is 0.0886. The van der Waals surface area contributed by atoms with Crippen LogP contribution in [0.3, 0.4) is 0 Å². The van der Waals surface area contributed by atoms with Crippen LogP contribution in [0.2, 0.25) is 0 Å². The molecule has 0 aliphatic rings. The number of aromatic nitrogens is 1. The Morgan fingerprint density at radius 2 is 2.40 bits per heavy atom. The second-order valence-corrected chi connectivity index (χ2v) is 4.05. The van der Waals surface area contributed by atoms with Gasteiger partial charge >= 0.3 is 0 Å². The van der Waals surface area contributed by atoms with Crippen molar-refractivity contribution in [3.05, 3.63) is 30.1 Å². The molecule has 1 atom stereocenters. The molecule has 0 bridgehead atoms. The highest BCUT2D eigenvalue weighted by molar-refractivity contribution is 8.12. The van der Waals surface area contributed by atoms with E-state index in [4.69, 9.17) is 0 Å². The molecule has 4 heteroatoms. The van der Waals surface area contributed by atoms with E-state index in [0.29, 0.717) is 0 Å². The molecule has 0 saturated heterocycles. The third kappa shape index (κ3) is 2.96. The van der Waals surface area contributed by atoms with Crippen molar-refractivity contribution in [3.63, 3.8) is 0 Å². The van der Waals surface area contributed by atoms with Gasteiger partial charge in [0.2, 0.25) is 0 Å². The molecule has 0 aliphatic carbocycles. The Morgan fingerprint density at radius 1 is 1.67 bits per heavy atom. The van der Waals surface area contributed by atoms with Gasteiger partial charge in [0.05, 0.1) is 6.04 Å². The molecule has 0 aliphatic heterocycles. The van der Waals surface area contributed by atoms with Gasteiger partial charge in [-0.2, -0.15) is 0 Å². The van der Waals surface area contributed by atoms with Crippen molar-refractivity contribution >= 4 is 17.0 Å². The van der Waals surface area contributed by atoms with Gasteiger partial charge in [-0.05, 0) is 24.3 Å². The Bertz CT molecular complexity index is 316. The summed E-state index contributed by atoms with van der Waals surface area (Å²) in [7, 11) is 1.83. The van der Waals surface area contributed by atoms with Crippen LogP contribution in [-0.4, -0.2) is 28.4 Å². The van der Waals surface area contributed by atoms with E-state index in [2.05, 4.69) is 11.9 Å². The van der Waals surface area contributed by atoms with Crippen LogP contribution in [0.25, 0.3) is 0 Å². The summed E-state index contributed by atoms with van der Waals surface area (Å²) in [5.41, 5.74) is 1.09. The van der Waals surface area contributed by atoms with Crippen LogP contribution < -0.4 is 0 Å². The van der Waals surface area contributed by atoms with Crippen LogP contribution >= 0.6 is 11.8 Å². The third-order valence-electron chi connectivity index (χ3n) is 2.39. The number of hydrogen-bond donors (Lipinski definition) is 0. The molecule has 1 rings (SSSR count). The van der Waals surface area contributed by atoms with Gasteiger partial charge in [-0.3, -0.25) is 9.78 Å². The Labute approximate surface area is 94.9 Å². The van der Waals surface area contributed by atoms with Crippen LogP contribution in [-0.2, 0) is 0 Å². The molecule has 1 heterocycles. The SMILES string of the molecule is CCC(c1cccnc1)N(C)C(=O)SC. The van der Waals surface area contributed by atoms with Gasteiger partial charge in [-0.1, -0.05) is 24.8 Å². The fourth-order valence-corrected chi connectivity index (χ4v) is 1.99. The van der Waals surface area contributed by atoms with Crippen molar-refractivity contribution in [2.24, 2.45) is 0 Å². The molecule has 15 heavy (non-hydrogen) atoms. The largest absolute Gasteiger partial charge is 0.330 e. The molecule has 3 nitrogen and oxygen atoms in total. The fourth-order valence-electron chi connectivity index (χ4n) is 1.58. The molecule has 82 valence electrons. The molecule has 0 radical (unpaired) electrons. The predicted molar refractivity (Wildman–Crippen MR) is 63.9 cm³/mol. The molecule has 1 aromatic heterocycles. The zero-order valence-electron chi connectivity index (χ0n) is 9.30. The first-order valence-corrected chi connectivity index (χ1v) is 6.13. The van der Waals surface area contributed by atoms with E-state index in [1.165, 1.54) is 11.8 Å². The minimum Gasteiger partial charge on any atom is -0.330 e. The highest BCUT2D eigenvalue weighted by Gasteiger charge is 2.19. The lowest BCUT2D eigenvalue weighted by atomic mass is 10.1. The summed E-state index contributed by atoms with van der Waals surface area (Å²) < 4.78 is 0. The van der Waals surface area contributed by atoms with Crippen LogP contribution in [0.4, 0.5) is 4.79 Å². The first-order chi connectivity index (χ1) is 7.20. The number of nitrogens with zero attached hydrogens (tertiary/aromatic N) is 2. The highest BCUT2D eigenvalue weighted by Crippen LogP contribution is 2.24. The molecular weight excluding hydrogens is 208 g/mol. The number of rotatable bonds is 3. The van der Waals surface area contributed by atoms with Crippen molar-refractivity contribution in [3.8, 4) is 0 Å². The Balaban J connectivity index is 2.85. The first kappa shape index (κ1) is 12.0. The van der Waals surface area contributed by atoms with Gasteiger partial charge in [0.1, 0.15) is 0 Å². The van der Waals surface area contributed by atoms with E-state index >= 15 is 0 Å². The summed E-state index contributed by atoms with van der Waals surface area (Å²) in [5.74, 6) is 0. The maximum absolute atomic E-state index is 11.6. The maximum Gasteiger partial charge on any atom is 0.281 e. The summed E-state index contributed by atoms with van der Waals surface area (Å²) in [6.45, 7) is 2.07. The molecule has 1 amide bonds. The van der Waals surface area contributed by atoms with Crippen LogP contribution in [0.5, 0.6) is 0 Å². The summed E-state index contributed by atoms with van der Waals surface area (Å²) in [4.78, 5) is 17.4. The van der Waals surface area contributed by atoms with Crippen LogP contribution in [0.15, 0.2) is 24.5 Å². The van der Waals surface area contributed by atoms with Gasteiger partial charge < -0.3 is 4.90 Å². The molecule has 0 saturated carbocycles. The van der Waals surface area contributed by atoms with E-state index in [1.807, 2.05) is 25.4 Å². The van der Waals surface area contributed by atoms with Crippen molar-refractivity contribution < 1.29 is 4.79 Å². The summed E-state index contributed by atoms with van der Waals surface area (Å²) in [6.07, 6.45) is 6.26. The quantitative estimate of drug-likeness (QED) is 0.791. The average Bonchev–Trinajstić information content (AvgIpc) is 2.30. The lowest BCUT2D eigenvalue weighted by molar-refractivity contribution is 0.214. The second kappa shape index (κ2) is 5.75. The minimum absolute atomic E-state index is 0.0886. The molecule has 0 fully saturated rings. The van der Waals surface area contributed by atoms with Crippen LogP contribution in [0, 0.1) is 0 Å². The Morgan fingerprint density at radius 3 is 2.87 bits per heavy atom. The number of amides is 1. The van der Waals surface area contributed by atoms with E-state index in [-0.39, 0.29) is 11.3 Å². The third-order valence-corrected chi connectivity index (χ3v) is 3.02. The van der Waals surface area contributed by atoms with E-state index in [1.54, 1.807) is 17.4 Å². The smallest absolute Gasteiger partial charge is 0.281 e. The monoisotopic (exact) mass is 224 g/mol. The fraction of sp³-hybridized carbons (Fsp3) is 0.455. The van der Waals surface area contributed by atoms with E-state index in [0.717, 1.165) is 12.0 Å². The van der Waals surface area contributed by atoms with Crippen LogP contribution in [0.1, 0.15) is 24.9 Å². The summed E-state index contributed by atoms with van der Waals surface area (Å²) >= 11 is 1.24. The number of pyridine rings is 1. The number of hydrogen-bond acceptors (Lipinski definition) is 3. The minimum atomic E-state index is 0.0886. The predicted octanol–water partition coefficient (Wildman–Crippen LogP) is 2.95. The van der Waals surface area contributed by atoms with Gasteiger partial charge in [0.25, 0.3) is 5.24 Å². The van der Waals surface area contributed by atoms with E-state index in [9.17, 15) is 4.79 Å². The lowest BCUT2D eigenvalue weighted by Gasteiger charge is -2.26. The van der Waals surface area contributed by atoms with Crippen molar-refractivity contribution in [1.82, 2.24) is 9.88 Å². The standard InChI is InChI=1S/C11H16N2OS/c1-4-10(13(2)11(14)15-3)9-6-5-7-12-8-9/h5-8,10H,4H2,1-3H3. The normalized spacial score (nSPS) is 12.2. The number of carbonyl (C=O) groups is 1. The Hall–Kier alpha value is -1.03. The molecule has 0 N–H and O–H groups in total. The summed E-state index contributed by atoms with van der Waals surface area (Å²) in [6, 6.07) is 4.03. The topological polar surface area (TPSA) is 33.2 Å². The zero-order chi connectivity index (χ0) is 11.3. The Kier molecular flexibility index (Phi) is 4.62. The zero-order valence-corrected chi connectivity index (χ0v) is 10.1.